The summed E-state index contributed by atoms with van der Waals surface area (Å²) >= 11 is 2.91. The molecule has 3 aromatic rings. The van der Waals surface area contributed by atoms with Gasteiger partial charge in [-0.2, -0.15) is 0 Å². The van der Waals surface area contributed by atoms with Gasteiger partial charge >= 0.3 is 11.9 Å². The van der Waals surface area contributed by atoms with E-state index in [-0.39, 0.29) is 28.5 Å². The number of esters is 2. The van der Waals surface area contributed by atoms with E-state index in [0.29, 0.717) is 5.16 Å². The molecule has 33 heavy (non-hydrogen) atoms. The average molecular weight is 489 g/mol. The molecule has 0 spiro atoms. The van der Waals surface area contributed by atoms with Gasteiger partial charge in [-0.05, 0) is 37.6 Å². The van der Waals surface area contributed by atoms with Gasteiger partial charge in [-0.15, -0.1) is 21.5 Å². The molecule has 0 unspecified atom stereocenters. The number of hydrogen-bond acceptors (Lipinski definition) is 9. The van der Waals surface area contributed by atoms with Gasteiger partial charge in [0.1, 0.15) is 0 Å². The van der Waals surface area contributed by atoms with Crippen molar-refractivity contribution < 1.29 is 23.9 Å². The van der Waals surface area contributed by atoms with E-state index in [0.717, 1.165) is 24.4 Å². The SMILES string of the molecule is CCCn1c(SCC(=O)Nc2cc(C(=O)OC)cc(C(=O)OC)c2)nnc1-c1csc(C)c1. The number of nitrogens with one attached hydrogen (secondary N) is 1. The Bertz CT molecular complexity index is 1140. The summed E-state index contributed by atoms with van der Waals surface area (Å²) in [4.78, 5) is 37.7. The molecule has 2 aromatic heterocycles. The number of amides is 1. The molecule has 0 aliphatic rings. The third-order valence-electron chi connectivity index (χ3n) is 4.54. The number of aryl methyl sites for hydroxylation is 1. The number of aromatic nitrogens is 3. The highest BCUT2D eigenvalue weighted by atomic mass is 32.2. The number of nitrogens with zero attached hydrogens (tertiary/aromatic N) is 3. The number of thioether (sulfide) groups is 1. The Hall–Kier alpha value is -3.18. The second-order valence-electron chi connectivity index (χ2n) is 7.02. The van der Waals surface area contributed by atoms with Gasteiger partial charge in [0.25, 0.3) is 0 Å². The minimum absolute atomic E-state index is 0.0700. The summed E-state index contributed by atoms with van der Waals surface area (Å²) in [6.07, 6.45) is 0.893. The van der Waals surface area contributed by atoms with Crippen molar-refractivity contribution in [3.05, 3.63) is 45.6 Å². The molecule has 174 valence electrons. The molecule has 0 aliphatic heterocycles. The van der Waals surface area contributed by atoms with Crippen molar-refractivity contribution in [3.63, 3.8) is 0 Å². The molecule has 11 heteroatoms. The topological polar surface area (TPSA) is 112 Å². The average Bonchev–Trinajstić information content (AvgIpc) is 3.42. The number of carbonyl (C=O) groups excluding carboxylic acids is 3. The van der Waals surface area contributed by atoms with E-state index in [4.69, 9.17) is 9.47 Å². The van der Waals surface area contributed by atoms with E-state index < -0.39 is 11.9 Å². The zero-order valence-corrected chi connectivity index (χ0v) is 20.3. The third-order valence-corrected chi connectivity index (χ3v) is 6.37. The summed E-state index contributed by atoms with van der Waals surface area (Å²) in [6.45, 7) is 4.83. The maximum atomic E-state index is 12.6. The first-order chi connectivity index (χ1) is 15.9. The van der Waals surface area contributed by atoms with Crippen molar-refractivity contribution in [2.75, 3.05) is 25.3 Å². The van der Waals surface area contributed by atoms with Crippen LogP contribution in [-0.2, 0) is 20.8 Å². The summed E-state index contributed by atoms with van der Waals surface area (Å²) in [5, 5.41) is 14.0. The van der Waals surface area contributed by atoms with Gasteiger partial charge in [-0.1, -0.05) is 18.7 Å². The van der Waals surface area contributed by atoms with Crippen LogP contribution in [0.1, 0.15) is 38.9 Å². The van der Waals surface area contributed by atoms with Crippen LogP contribution in [0.15, 0.2) is 34.8 Å². The van der Waals surface area contributed by atoms with Crippen LogP contribution in [0, 0.1) is 6.92 Å². The lowest BCUT2D eigenvalue weighted by Crippen LogP contribution is -2.16. The van der Waals surface area contributed by atoms with Gasteiger partial charge in [0.2, 0.25) is 5.91 Å². The van der Waals surface area contributed by atoms with Crippen LogP contribution in [0.25, 0.3) is 11.4 Å². The number of hydrogen-bond donors (Lipinski definition) is 1. The summed E-state index contributed by atoms with van der Waals surface area (Å²) in [5.41, 5.74) is 1.54. The molecule has 0 saturated carbocycles. The molecule has 1 aromatic carbocycles. The van der Waals surface area contributed by atoms with E-state index in [1.807, 2.05) is 16.9 Å². The van der Waals surface area contributed by atoms with Gasteiger partial charge < -0.3 is 19.4 Å². The first-order valence-corrected chi connectivity index (χ1v) is 12.0. The summed E-state index contributed by atoms with van der Waals surface area (Å²) in [7, 11) is 2.47. The predicted molar refractivity (Wildman–Crippen MR) is 127 cm³/mol. The molecule has 0 radical (unpaired) electrons. The minimum atomic E-state index is -0.630. The number of benzene rings is 1. The lowest BCUT2D eigenvalue weighted by Gasteiger charge is -2.10. The standard InChI is InChI=1S/C22H24N4O5S2/c1-5-6-26-19(16-7-13(2)32-11-16)24-25-22(26)33-12-18(27)23-17-9-14(20(28)30-3)8-15(10-17)21(29)31-4/h7-11H,5-6,12H2,1-4H3,(H,23,27). The lowest BCUT2D eigenvalue weighted by molar-refractivity contribution is -0.113. The predicted octanol–water partition coefficient (Wildman–Crippen LogP) is 4.03. The Kier molecular flexibility index (Phi) is 8.23. The molecule has 0 atom stereocenters. The number of rotatable bonds is 9. The zero-order chi connectivity index (χ0) is 24.0. The van der Waals surface area contributed by atoms with Crippen LogP contribution in [0.3, 0.4) is 0 Å². The maximum Gasteiger partial charge on any atom is 0.337 e. The lowest BCUT2D eigenvalue weighted by atomic mass is 10.1. The van der Waals surface area contributed by atoms with E-state index >= 15 is 0 Å². The Morgan fingerprint density at radius 2 is 1.73 bits per heavy atom. The second-order valence-corrected chi connectivity index (χ2v) is 9.08. The Morgan fingerprint density at radius 1 is 1.06 bits per heavy atom. The van der Waals surface area contributed by atoms with Gasteiger partial charge in [0.15, 0.2) is 11.0 Å². The van der Waals surface area contributed by atoms with E-state index in [9.17, 15) is 14.4 Å². The normalized spacial score (nSPS) is 10.7. The van der Waals surface area contributed by atoms with Crippen molar-refractivity contribution in [2.24, 2.45) is 0 Å². The maximum absolute atomic E-state index is 12.6. The molecule has 0 saturated heterocycles. The number of carbonyl (C=O) groups is 3. The molecule has 0 bridgehead atoms. The van der Waals surface area contributed by atoms with Crippen LogP contribution < -0.4 is 5.32 Å². The van der Waals surface area contributed by atoms with E-state index in [1.54, 1.807) is 11.3 Å². The van der Waals surface area contributed by atoms with Crippen molar-refractivity contribution in [1.29, 1.82) is 0 Å². The van der Waals surface area contributed by atoms with Gasteiger partial charge in [0, 0.05) is 28.1 Å². The monoisotopic (exact) mass is 488 g/mol. The quantitative estimate of drug-likeness (QED) is 0.355. The fourth-order valence-electron chi connectivity index (χ4n) is 3.09. The number of thiophene rings is 1. The summed E-state index contributed by atoms with van der Waals surface area (Å²) < 4.78 is 11.4. The van der Waals surface area contributed by atoms with Crippen LogP contribution in [-0.4, -0.2) is 52.6 Å². The second kappa shape index (κ2) is 11.1. The molecular formula is C22H24N4O5S2. The molecule has 1 N–H and O–H groups in total. The summed E-state index contributed by atoms with van der Waals surface area (Å²) in [6, 6.07) is 6.30. The van der Waals surface area contributed by atoms with Crippen LogP contribution >= 0.6 is 23.1 Å². The first kappa shape index (κ1) is 24.5. The van der Waals surface area contributed by atoms with Crippen LogP contribution in [0.4, 0.5) is 5.69 Å². The van der Waals surface area contributed by atoms with Crippen molar-refractivity contribution in [3.8, 4) is 11.4 Å². The third kappa shape index (κ3) is 5.99. The zero-order valence-electron chi connectivity index (χ0n) is 18.7. The fraction of sp³-hybridized carbons (Fsp3) is 0.318. The number of ether oxygens (including phenoxy) is 2. The van der Waals surface area contributed by atoms with Gasteiger partial charge in [-0.25, -0.2) is 9.59 Å². The molecule has 1 amide bonds. The smallest absolute Gasteiger partial charge is 0.337 e. The first-order valence-electron chi connectivity index (χ1n) is 10.1. The summed E-state index contributed by atoms with van der Waals surface area (Å²) in [5.74, 6) is -0.737. The molecule has 0 fully saturated rings. The van der Waals surface area contributed by atoms with Crippen LogP contribution in [0.5, 0.6) is 0 Å². The fourth-order valence-corrected chi connectivity index (χ4v) is 4.54. The van der Waals surface area contributed by atoms with E-state index in [2.05, 4.69) is 28.5 Å². The Morgan fingerprint density at radius 3 is 2.27 bits per heavy atom. The highest BCUT2D eigenvalue weighted by Gasteiger charge is 2.18. The van der Waals surface area contributed by atoms with Gasteiger partial charge in [0.05, 0.1) is 31.1 Å². The Labute approximate surface area is 199 Å². The molecular weight excluding hydrogens is 464 g/mol. The van der Waals surface area contributed by atoms with Crippen molar-refractivity contribution in [2.45, 2.75) is 32.0 Å². The number of methoxy groups -OCH3 is 2. The molecule has 9 nitrogen and oxygen atoms in total. The highest BCUT2D eigenvalue weighted by molar-refractivity contribution is 7.99. The van der Waals surface area contributed by atoms with Crippen LogP contribution in [0.2, 0.25) is 0 Å². The van der Waals surface area contributed by atoms with E-state index in [1.165, 1.54) is 49.1 Å². The van der Waals surface area contributed by atoms with Gasteiger partial charge in [-0.3, -0.25) is 4.79 Å². The molecule has 3 rings (SSSR count). The molecule has 0 aliphatic carbocycles. The highest BCUT2D eigenvalue weighted by Crippen LogP contribution is 2.28. The Balaban J connectivity index is 1.75. The van der Waals surface area contributed by atoms with Crippen molar-refractivity contribution in [1.82, 2.24) is 14.8 Å². The molecule has 2 heterocycles. The largest absolute Gasteiger partial charge is 0.465 e. The minimum Gasteiger partial charge on any atom is -0.465 e. The number of anilines is 1. The van der Waals surface area contributed by atoms with Crippen molar-refractivity contribution >= 4 is 46.6 Å².